The molecule has 0 bridgehead atoms. The van der Waals surface area contributed by atoms with E-state index in [0.717, 1.165) is 53.7 Å². The van der Waals surface area contributed by atoms with E-state index in [9.17, 15) is 0 Å². The molecule has 4 rings (SSSR count). The molecule has 0 amide bonds. The lowest BCUT2D eigenvalue weighted by atomic mass is 10.2. The van der Waals surface area contributed by atoms with E-state index in [1.807, 2.05) is 24.3 Å². The number of aryl methyl sites for hydroxylation is 1. The molecule has 1 aliphatic rings. The van der Waals surface area contributed by atoms with Crippen LogP contribution in [0.1, 0.15) is 5.56 Å². The first-order valence-corrected chi connectivity index (χ1v) is 10.2. The van der Waals surface area contributed by atoms with Gasteiger partial charge in [-0.25, -0.2) is 9.97 Å². The van der Waals surface area contributed by atoms with Gasteiger partial charge in [0.15, 0.2) is 16.6 Å². The summed E-state index contributed by atoms with van der Waals surface area (Å²) in [7, 11) is 3.26. The number of hydrogen-bond acceptors (Lipinski definition) is 6. The molecule has 1 saturated heterocycles. The molecule has 7 nitrogen and oxygen atoms in total. The summed E-state index contributed by atoms with van der Waals surface area (Å²) in [5, 5.41) is 5.04. The van der Waals surface area contributed by atoms with Gasteiger partial charge in [-0.15, -0.1) is 0 Å². The zero-order valence-electron chi connectivity index (χ0n) is 17.4. The minimum Gasteiger partial charge on any atom is -0.493 e. The van der Waals surface area contributed by atoms with Crippen LogP contribution in [0.2, 0.25) is 0 Å². The first-order chi connectivity index (χ1) is 14.6. The largest absolute Gasteiger partial charge is 0.493 e. The standard InChI is InChI=1S/C22H25N5O2S/c1-15-5-4-6-16(11-15)25-22(30)27-9-7-26(8-10-27)21-17-12-19(28-2)20(29-3)13-18(17)23-14-24-21/h4-6,11-14H,7-10H2,1-3H3,(H,25,30). The van der Waals surface area contributed by atoms with Crippen molar-refractivity contribution in [3.8, 4) is 11.5 Å². The van der Waals surface area contributed by atoms with Gasteiger partial charge < -0.3 is 24.6 Å². The summed E-state index contributed by atoms with van der Waals surface area (Å²) in [6, 6.07) is 12.1. The summed E-state index contributed by atoms with van der Waals surface area (Å²) >= 11 is 5.63. The molecule has 156 valence electrons. The number of anilines is 2. The Morgan fingerprint density at radius 2 is 1.73 bits per heavy atom. The van der Waals surface area contributed by atoms with E-state index in [1.54, 1.807) is 20.5 Å². The van der Waals surface area contributed by atoms with Crippen molar-refractivity contribution >= 4 is 39.7 Å². The van der Waals surface area contributed by atoms with E-state index >= 15 is 0 Å². The lowest BCUT2D eigenvalue weighted by molar-refractivity contribution is 0.355. The summed E-state index contributed by atoms with van der Waals surface area (Å²) in [6.07, 6.45) is 1.60. The maximum Gasteiger partial charge on any atom is 0.173 e. The van der Waals surface area contributed by atoms with Crippen LogP contribution in [0.3, 0.4) is 0 Å². The van der Waals surface area contributed by atoms with Gasteiger partial charge in [0.2, 0.25) is 0 Å². The molecule has 30 heavy (non-hydrogen) atoms. The quantitative estimate of drug-likeness (QED) is 0.640. The van der Waals surface area contributed by atoms with Crippen molar-refractivity contribution in [1.82, 2.24) is 14.9 Å². The Balaban J connectivity index is 1.48. The Morgan fingerprint density at radius 1 is 1.00 bits per heavy atom. The second kappa shape index (κ2) is 8.71. The number of hydrogen-bond donors (Lipinski definition) is 1. The third kappa shape index (κ3) is 4.09. The Bertz CT molecular complexity index is 1070. The highest BCUT2D eigenvalue weighted by Crippen LogP contribution is 2.34. The van der Waals surface area contributed by atoms with Gasteiger partial charge in [0.25, 0.3) is 0 Å². The van der Waals surface area contributed by atoms with Crippen LogP contribution in [0.25, 0.3) is 10.9 Å². The second-order valence-electron chi connectivity index (χ2n) is 7.20. The number of rotatable bonds is 4. The van der Waals surface area contributed by atoms with Crippen LogP contribution in [0, 0.1) is 6.92 Å². The molecule has 1 aliphatic heterocycles. The zero-order valence-corrected chi connectivity index (χ0v) is 18.2. The SMILES string of the molecule is COc1cc2ncnc(N3CCN(C(=S)Nc4cccc(C)c4)CC3)c2cc1OC. The highest BCUT2D eigenvalue weighted by Gasteiger charge is 2.22. The van der Waals surface area contributed by atoms with Crippen LogP contribution in [0.15, 0.2) is 42.7 Å². The maximum absolute atomic E-state index is 5.63. The number of fused-ring (bicyclic) bond motifs is 1. The fourth-order valence-corrected chi connectivity index (χ4v) is 3.97. The fourth-order valence-electron chi connectivity index (χ4n) is 3.67. The minimum atomic E-state index is 0.659. The summed E-state index contributed by atoms with van der Waals surface area (Å²) in [4.78, 5) is 13.4. The van der Waals surface area contributed by atoms with Crippen LogP contribution in [0.4, 0.5) is 11.5 Å². The highest BCUT2D eigenvalue weighted by molar-refractivity contribution is 7.80. The van der Waals surface area contributed by atoms with E-state index < -0.39 is 0 Å². The number of ether oxygens (including phenoxy) is 2. The van der Waals surface area contributed by atoms with Crippen LogP contribution in [-0.2, 0) is 0 Å². The number of methoxy groups -OCH3 is 2. The number of aromatic nitrogens is 2. The van der Waals surface area contributed by atoms with Crippen LogP contribution >= 0.6 is 12.2 Å². The van der Waals surface area contributed by atoms with Crippen molar-refractivity contribution < 1.29 is 9.47 Å². The van der Waals surface area contributed by atoms with Gasteiger partial charge in [0.05, 0.1) is 19.7 Å². The van der Waals surface area contributed by atoms with Crippen molar-refractivity contribution in [2.45, 2.75) is 6.92 Å². The van der Waals surface area contributed by atoms with Crippen LogP contribution < -0.4 is 19.7 Å². The number of piperazine rings is 1. The predicted octanol–water partition coefficient (Wildman–Crippen LogP) is 3.47. The molecule has 0 saturated carbocycles. The van der Waals surface area contributed by atoms with Gasteiger partial charge in [0, 0.05) is 43.3 Å². The molecule has 0 unspecified atom stereocenters. The predicted molar refractivity (Wildman–Crippen MR) is 124 cm³/mol. The lowest BCUT2D eigenvalue weighted by Crippen LogP contribution is -2.50. The van der Waals surface area contributed by atoms with Crippen molar-refractivity contribution in [2.75, 3.05) is 50.6 Å². The Labute approximate surface area is 181 Å². The third-order valence-corrected chi connectivity index (χ3v) is 5.62. The Kier molecular flexibility index (Phi) is 5.85. The van der Waals surface area contributed by atoms with Gasteiger partial charge in [-0.1, -0.05) is 12.1 Å². The fraction of sp³-hybridized carbons (Fsp3) is 0.318. The van der Waals surface area contributed by atoms with Crippen molar-refractivity contribution in [2.24, 2.45) is 0 Å². The van der Waals surface area contributed by atoms with E-state index in [1.165, 1.54) is 5.56 Å². The van der Waals surface area contributed by atoms with E-state index in [0.29, 0.717) is 11.5 Å². The van der Waals surface area contributed by atoms with E-state index in [2.05, 4.69) is 44.1 Å². The molecular formula is C22H25N5O2S. The lowest BCUT2D eigenvalue weighted by Gasteiger charge is -2.37. The molecular weight excluding hydrogens is 398 g/mol. The van der Waals surface area contributed by atoms with Crippen LogP contribution in [0.5, 0.6) is 11.5 Å². The van der Waals surface area contributed by atoms with Crippen molar-refractivity contribution in [3.63, 3.8) is 0 Å². The summed E-state index contributed by atoms with van der Waals surface area (Å²) in [5.41, 5.74) is 3.05. The number of nitrogens with one attached hydrogen (secondary N) is 1. The molecule has 1 aromatic heterocycles. The highest BCUT2D eigenvalue weighted by atomic mass is 32.1. The van der Waals surface area contributed by atoms with Gasteiger partial charge in [-0.2, -0.15) is 0 Å². The first-order valence-electron chi connectivity index (χ1n) is 9.83. The zero-order chi connectivity index (χ0) is 21.1. The van der Waals surface area contributed by atoms with Gasteiger partial charge in [0.1, 0.15) is 12.1 Å². The summed E-state index contributed by atoms with van der Waals surface area (Å²) < 4.78 is 10.9. The van der Waals surface area contributed by atoms with Gasteiger partial charge >= 0.3 is 0 Å². The minimum absolute atomic E-state index is 0.659. The molecule has 0 aliphatic carbocycles. The molecule has 8 heteroatoms. The van der Waals surface area contributed by atoms with Gasteiger partial charge in [-0.05, 0) is 42.9 Å². The molecule has 0 spiro atoms. The van der Waals surface area contributed by atoms with Crippen molar-refractivity contribution in [3.05, 3.63) is 48.3 Å². The van der Waals surface area contributed by atoms with Crippen LogP contribution in [-0.4, -0.2) is 60.4 Å². The molecule has 3 aromatic rings. The number of benzene rings is 2. The van der Waals surface area contributed by atoms with Gasteiger partial charge in [-0.3, -0.25) is 0 Å². The third-order valence-electron chi connectivity index (χ3n) is 5.26. The summed E-state index contributed by atoms with van der Waals surface area (Å²) in [6.45, 7) is 5.34. The smallest absolute Gasteiger partial charge is 0.173 e. The molecule has 0 radical (unpaired) electrons. The first kappa shape index (κ1) is 20.2. The Hall–Kier alpha value is -3.13. The summed E-state index contributed by atoms with van der Waals surface area (Å²) in [5.74, 6) is 2.23. The normalized spacial score (nSPS) is 14.0. The van der Waals surface area contributed by atoms with E-state index in [4.69, 9.17) is 21.7 Å². The molecule has 0 atom stereocenters. The molecule has 2 aromatic carbocycles. The average Bonchev–Trinajstić information content (AvgIpc) is 2.77. The molecule has 2 heterocycles. The van der Waals surface area contributed by atoms with Crippen molar-refractivity contribution in [1.29, 1.82) is 0 Å². The topological polar surface area (TPSA) is 62.8 Å². The molecule has 1 N–H and O–H groups in total. The number of nitrogens with zero attached hydrogens (tertiary/aromatic N) is 4. The Morgan fingerprint density at radius 3 is 2.43 bits per heavy atom. The number of thiocarbonyl (C=S) groups is 1. The second-order valence-corrected chi connectivity index (χ2v) is 7.58. The van der Waals surface area contributed by atoms with E-state index in [-0.39, 0.29) is 0 Å². The maximum atomic E-state index is 5.63. The monoisotopic (exact) mass is 423 g/mol. The molecule has 1 fully saturated rings. The average molecular weight is 424 g/mol.